The van der Waals surface area contributed by atoms with Gasteiger partial charge in [-0.2, -0.15) is 5.10 Å². The molecule has 2 aromatic heterocycles. The van der Waals surface area contributed by atoms with Gasteiger partial charge in [0.15, 0.2) is 5.82 Å². The first-order valence-corrected chi connectivity index (χ1v) is 8.44. The van der Waals surface area contributed by atoms with Crippen LogP contribution in [0, 0.1) is 6.92 Å². The number of hydrogen-bond donors (Lipinski definition) is 0. The lowest BCUT2D eigenvalue weighted by molar-refractivity contribution is 0.0732. The molecular weight excluding hydrogens is 298 g/mol. The Kier molecular flexibility index (Phi) is 3.29. The van der Waals surface area contributed by atoms with Crippen molar-refractivity contribution in [2.24, 2.45) is 0 Å². The zero-order valence-corrected chi connectivity index (χ0v) is 13.2. The number of carbonyl (C=O) groups is 1. The average molecular weight is 315 g/mol. The molecule has 2 atom stereocenters. The van der Waals surface area contributed by atoms with E-state index in [2.05, 4.69) is 20.1 Å². The summed E-state index contributed by atoms with van der Waals surface area (Å²) in [6.45, 7) is 3.66. The molecule has 0 radical (unpaired) electrons. The van der Waals surface area contributed by atoms with Crippen molar-refractivity contribution in [2.75, 3.05) is 18.0 Å². The number of anilines is 1. The summed E-state index contributed by atoms with van der Waals surface area (Å²) < 4.78 is 0. The SMILES string of the molecule is Cc1ccc(N2CC[C@@H]3[C@@H]2CCN3C(=O)c2cscn2)nn1. The van der Waals surface area contributed by atoms with Crippen LogP contribution < -0.4 is 4.90 Å². The fourth-order valence-corrected chi connectivity index (χ4v) is 4.06. The lowest BCUT2D eigenvalue weighted by Gasteiger charge is -2.25. The largest absolute Gasteiger partial charge is 0.350 e. The van der Waals surface area contributed by atoms with E-state index in [1.165, 1.54) is 11.3 Å². The monoisotopic (exact) mass is 315 g/mol. The maximum absolute atomic E-state index is 12.6. The Morgan fingerprint density at radius 2 is 2.09 bits per heavy atom. The molecule has 1 amide bonds. The van der Waals surface area contributed by atoms with Gasteiger partial charge in [0.2, 0.25) is 0 Å². The number of aryl methyl sites for hydroxylation is 1. The van der Waals surface area contributed by atoms with Crippen LogP contribution in [0.25, 0.3) is 0 Å². The van der Waals surface area contributed by atoms with Crippen molar-refractivity contribution in [1.29, 1.82) is 0 Å². The Morgan fingerprint density at radius 3 is 2.82 bits per heavy atom. The van der Waals surface area contributed by atoms with Gasteiger partial charge in [-0.25, -0.2) is 4.98 Å². The van der Waals surface area contributed by atoms with E-state index < -0.39 is 0 Å². The molecule has 4 heterocycles. The highest BCUT2D eigenvalue weighted by molar-refractivity contribution is 7.07. The van der Waals surface area contributed by atoms with E-state index in [1.54, 1.807) is 5.51 Å². The highest BCUT2D eigenvalue weighted by Crippen LogP contribution is 2.34. The Hall–Kier alpha value is -2.02. The van der Waals surface area contributed by atoms with E-state index in [0.717, 1.165) is 37.4 Å². The molecule has 22 heavy (non-hydrogen) atoms. The second-order valence-corrected chi connectivity index (χ2v) is 6.53. The molecule has 0 unspecified atom stereocenters. The lowest BCUT2D eigenvalue weighted by atomic mass is 10.1. The molecule has 6 nitrogen and oxygen atoms in total. The van der Waals surface area contributed by atoms with Gasteiger partial charge in [0.1, 0.15) is 5.69 Å². The van der Waals surface area contributed by atoms with Gasteiger partial charge in [-0.15, -0.1) is 16.4 Å². The first kappa shape index (κ1) is 13.6. The molecule has 0 spiro atoms. The van der Waals surface area contributed by atoms with Crippen LogP contribution in [0.2, 0.25) is 0 Å². The predicted octanol–water partition coefficient (Wildman–Crippen LogP) is 1.73. The third kappa shape index (κ3) is 2.16. The van der Waals surface area contributed by atoms with Gasteiger partial charge >= 0.3 is 0 Å². The second kappa shape index (κ2) is 5.31. The van der Waals surface area contributed by atoms with Crippen molar-refractivity contribution in [3.05, 3.63) is 34.4 Å². The minimum absolute atomic E-state index is 0.0607. The Morgan fingerprint density at radius 1 is 1.23 bits per heavy atom. The fourth-order valence-electron chi connectivity index (χ4n) is 3.53. The maximum Gasteiger partial charge on any atom is 0.273 e. The molecule has 4 rings (SSSR count). The summed E-state index contributed by atoms with van der Waals surface area (Å²) in [6, 6.07) is 4.62. The number of aromatic nitrogens is 3. The predicted molar refractivity (Wildman–Crippen MR) is 84.1 cm³/mol. The molecule has 2 aromatic rings. The average Bonchev–Trinajstić information content (AvgIpc) is 3.25. The molecule has 0 bridgehead atoms. The van der Waals surface area contributed by atoms with E-state index in [-0.39, 0.29) is 11.9 Å². The van der Waals surface area contributed by atoms with Crippen LogP contribution in [-0.4, -0.2) is 51.2 Å². The summed E-state index contributed by atoms with van der Waals surface area (Å²) in [5.41, 5.74) is 3.20. The van der Waals surface area contributed by atoms with Gasteiger partial charge in [0.25, 0.3) is 5.91 Å². The van der Waals surface area contributed by atoms with Crippen molar-refractivity contribution in [2.45, 2.75) is 31.8 Å². The Bertz CT molecular complexity index is 672. The van der Waals surface area contributed by atoms with E-state index >= 15 is 0 Å². The number of amides is 1. The van der Waals surface area contributed by atoms with Crippen LogP contribution in [0.5, 0.6) is 0 Å². The van der Waals surface area contributed by atoms with Gasteiger partial charge in [0, 0.05) is 18.5 Å². The fraction of sp³-hybridized carbons (Fsp3) is 0.467. The van der Waals surface area contributed by atoms with Gasteiger partial charge in [-0.3, -0.25) is 4.79 Å². The van der Waals surface area contributed by atoms with Crippen LogP contribution in [0.1, 0.15) is 29.0 Å². The Labute approximate surface area is 132 Å². The van der Waals surface area contributed by atoms with Crippen LogP contribution >= 0.6 is 11.3 Å². The van der Waals surface area contributed by atoms with Crippen LogP contribution in [0.15, 0.2) is 23.0 Å². The van der Waals surface area contributed by atoms with Gasteiger partial charge in [0.05, 0.1) is 23.3 Å². The van der Waals surface area contributed by atoms with E-state index in [1.807, 2.05) is 29.3 Å². The molecule has 0 N–H and O–H groups in total. The van der Waals surface area contributed by atoms with Gasteiger partial charge in [-0.05, 0) is 31.9 Å². The summed E-state index contributed by atoms with van der Waals surface area (Å²) >= 11 is 1.46. The first-order valence-electron chi connectivity index (χ1n) is 7.50. The molecule has 0 aromatic carbocycles. The van der Waals surface area contributed by atoms with Crippen LogP contribution in [0.3, 0.4) is 0 Å². The van der Waals surface area contributed by atoms with Gasteiger partial charge in [-0.1, -0.05) is 0 Å². The molecule has 2 saturated heterocycles. The number of fused-ring (bicyclic) bond motifs is 1. The minimum Gasteiger partial charge on any atom is -0.350 e. The Balaban J connectivity index is 1.54. The highest BCUT2D eigenvalue weighted by atomic mass is 32.1. The molecular formula is C15H17N5OS. The van der Waals surface area contributed by atoms with Crippen molar-refractivity contribution in [1.82, 2.24) is 20.1 Å². The van der Waals surface area contributed by atoms with E-state index in [0.29, 0.717) is 11.7 Å². The molecule has 2 aliphatic heterocycles. The third-order valence-corrected chi connectivity index (χ3v) is 5.15. The molecule has 0 aliphatic carbocycles. The third-order valence-electron chi connectivity index (χ3n) is 4.57. The van der Waals surface area contributed by atoms with Crippen LogP contribution in [-0.2, 0) is 0 Å². The molecule has 114 valence electrons. The maximum atomic E-state index is 12.6. The normalized spacial score (nSPS) is 23.9. The van der Waals surface area contributed by atoms with Crippen LogP contribution in [0.4, 0.5) is 5.82 Å². The number of thiazole rings is 1. The van der Waals surface area contributed by atoms with Crippen molar-refractivity contribution >= 4 is 23.1 Å². The highest BCUT2D eigenvalue weighted by Gasteiger charge is 2.45. The molecule has 0 saturated carbocycles. The number of rotatable bonds is 2. The number of carbonyl (C=O) groups excluding carboxylic acids is 1. The second-order valence-electron chi connectivity index (χ2n) is 5.81. The van der Waals surface area contributed by atoms with E-state index in [9.17, 15) is 4.79 Å². The zero-order valence-electron chi connectivity index (χ0n) is 12.3. The standard InChI is InChI=1S/C15H17N5OS/c1-10-2-3-14(18-17-10)19-6-4-13-12(19)5-7-20(13)15(21)11-8-22-9-16-11/h2-3,8-9,12-13H,4-7H2,1H3/t12-,13+/m0/s1. The summed E-state index contributed by atoms with van der Waals surface area (Å²) in [6.07, 6.45) is 1.96. The summed E-state index contributed by atoms with van der Waals surface area (Å²) in [4.78, 5) is 21.0. The molecule has 2 aliphatic rings. The summed E-state index contributed by atoms with van der Waals surface area (Å²) in [5, 5.41) is 10.3. The summed E-state index contributed by atoms with van der Waals surface area (Å²) in [7, 11) is 0. The number of hydrogen-bond acceptors (Lipinski definition) is 6. The van der Waals surface area contributed by atoms with Crippen molar-refractivity contribution < 1.29 is 4.79 Å². The molecule has 7 heteroatoms. The first-order chi connectivity index (χ1) is 10.7. The van der Waals surface area contributed by atoms with Crippen molar-refractivity contribution in [3.8, 4) is 0 Å². The summed E-state index contributed by atoms with van der Waals surface area (Å²) in [5.74, 6) is 0.978. The zero-order chi connectivity index (χ0) is 15.1. The van der Waals surface area contributed by atoms with E-state index in [4.69, 9.17) is 0 Å². The minimum atomic E-state index is 0.0607. The lowest BCUT2D eigenvalue weighted by Crippen LogP contribution is -2.40. The quantitative estimate of drug-likeness (QED) is 0.844. The van der Waals surface area contributed by atoms with Gasteiger partial charge < -0.3 is 9.80 Å². The topological polar surface area (TPSA) is 62.2 Å². The molecule has 2 fully saturated rings. The smallest absolute Gasteiger partial charge is 0.273 e. The van der Waals surface area contributed by atoms with Crippen molar-refractivity contribution in [3.63, 3.8) is 0 Å². The number of likely N-dealkylation sites (tertiary alicyclic amines) is 1. The number of nitrogens with zero attached hydrogens (tertiary/aromatic N) is 5.